The van der Waals surface area contributed by atoms with Crippen LogP contribution in [0, 0.1) is 6.92 Å². The Labute approximate surface area is 123 Å². The van der Waals surface area contributed by atoms with Crippen LogP contribution in [0.1, 0.15) is 51.4 Å². The fourth-order valence-electron chi connectivity index (χ4n) is 1.70. The lowest BCUT2D eigenvalue weighted by molar-refractivity contribution is 0.0770. The highest BCUT2D eigenvalue weighted by molar-refractivity contribution is 5.85. The van der Waals surface area contributed by atoms with E-state index in [1.807, 2.05) is 4.68 Å². The molecule has 0 amide bonds. The number of halogens is 1. The molecule has 0 atom stereocenters. The molecule has 0 unspecified atom stereocenters. The van der Waals surface area contributed by atoms with Gasteiger partial charge in [0.25, 0.3) is 0 Å². The highest BCUT2D eigenvalue weighted by Gasteiger charge is 2.06. The molecule has 0 bridgehead atoms. The number of rotatable bonds is 8. The summed E-state index contributed by atoms with van der Waals surface area (Å²) in [7, 11) is 0. The summed E-state index contributed by atoms with van der Waals surface area (Å²) in [4.78, 5) is 0. The minimum absolute atomic E-state index is 0. The third kappa shape index (κ3) is 6.95. The van der Waals surface area contributed by atoms with Crippen LogP contribution in [0.4, 0.5) is 0 Å². The Kier molecular flexibility index (Phi) is 9.06. The molecule has 0 aliphatic heterocycles. The second kappa shape index (κ2) is 9.34. The maximum Gasteiger partial charge on any atom is 0.0638 e. The molecule has 1 aromatic heterocycles. The zero-order chi connectivity index (χ0) is 13.5. The summed E-state index contributed by atoms with van der Waals surface area (Å²) in [6.45, 7) is 13.2. The van der Waals surface area contributed by atoms with E-state index in [9.17, 15) is 0 Å². The molecule has 0 fully saturated rings. The Morgan fingerprint density at radius 1 is 1.32 bits per heavy atom. The summed E-state index contributed by atoms with van der Waals surface area (Å²) in [5, 5.41) is 7.94. The van der Waals surface area contributed by atoms with Gasteiger partial charge in [-0.3, -0.25) is 4.68 Å². The lowest BCUT2D eigenvalue weighted by Crippen LogP contribution is -2.17. The summed E-state index contributed by atoms with van der Waals surface area (Å²) >= 11 is 0. The average Bonchev–Trinajstić information content (AvgIpc) is 2.65. The van der Waals surface area contributed by atoms with Gasteiger partial charge in [-0.05, 0) is 47.6 Å². The van der Waals surface area contributed by atoms with E-state index in [1.165, 1.54) is 5.56 Å². The van der Waals surface area contributed by atoms with Gasteiger partial charge in [0.15, 0.2) is 0 Å². The molecular weight excluding hydrogens is 262 g/mol. The van der Waals surface area contributed by atoms with Gasteiger partial charge < -0.3 is 10.1 Å². The van der Waals surface area contributed by atoms with E-state index in [1.54, 1.807) is 0 Å². The number of aromatic nitrogens is 2. The first-order valence-corrected chi connectivity index (χ1v) is 6.87. The topological polar surface area (TPSA) is 39.1 Å². The Morgan fingerprint density at radius 3 is 2.53 bits per heavy atom. The van der Waals surface area contributed by atoms with E-state index in [-0.39, 0.29) is 12.4 Å². The lowest BCUT2D eigenvalue weighted by Gasteiger charge is -2.07. The van der Waals surface area contributed by atoms with Gasteiger partial charge in [0, 0.05) is 31.0 Å². The molecule has 112 valence electrons. The molecule has 1 rings (SSSR count). The molecule has 0 saturated heterocycles. The van der Waals surface area contributed by atoms with Gasteiger partial charge in [0.1, 0.15) is 0 Å². The van der Waals surface area contributed by atoms with Gasteiger partial charge in [-0.25, -0.2) is 0 Å². The second-order valence-electron chi connectivity index (χ2n) is 5.26. The van der Waals surface area contributed by atoms with E-state index >= 15 is 0 Å². The van der Waals surface area contributed by atoms with Crippen molar-refractivity contribution in [3.8, 4) is 0 Å². The highest BCUT2D eigenvalue weighted by atomic mass is 35.5. The standard InChI is InChI=1S/C14H27N3O.ClH/c1-11(2)17-10-14(13(5)16-17)9-15-7-6-8-18-12(3)4;/h10-12,15H,6-9H2,1-5H3;1H. The summed E-state index contributed by atoms with van der Waals surface area (Å²) in [5.41, 5.74) is 2.41. The predicted molar refractivity (Wildman–Crippen MR) is 82.0 cm³/mol. The van der Waals surface area contributed by atoms with Crippen molar-refractivity contribution in [1.29, 1.82) is 0 Å². The van der Waals surface area contributed by atoms with Crippen LogP contribution in [0.3, 0.4) is 0 Å². The molecule has 1 heterocycles. The molecule has 19 heavy (non-hydrogen) atoms. The lowest BCUT2D eigenvalue weighted by atomic mass is 10.2. The molecule has 0 aliphatic rings. The van der Waals surface area contributed by atoms with Gasteiger partial charge in [0.05, 0.1) is 11.8 Å². The molecule has 0 saturated carbocycles. The number of ether oxygens (including phenoxy) is 1. The van der Waals surface area contributed by atoms with Gasteiger partial charge in [-0.2, -0.15) is 5.10 Å². The predicted octanol–water partition coefficient (Wildman–Crippen LogP) is 3.10. The van der Waals surface area contributed by atoms with Gasteiger partial charge in [0.2, 0.25) is 0 Å². The van der Waals surface area contributed by atoms with Crippen LogP contribution in [0.25, 0.3) is 0 Å². The van der Waals surface area contributed by atoms with Crippen LogP contribution < -0.4 is 5.32 Å². The molecule has 0 spiro atoms. The van der Waals surface area contributed by atoms with Crippen molar-refractivity contribution in [2.24, 2.45) is 0 Å². The van der Waals surface area contributed by atoms with E-state index in [2.05, 4.69) is 51.2 Å². The van der Waals surface area contributed by atoms with Crippen molar-refractivity contribution in [1.82, 2.24) is 15.1 Å². The fraction of sp³-hybridized carbons (Fsp3) is 0.786. The van der Waals surface area contributed by atoms with Crippen molar-refractivity contribution < 1.29 is 4.74 Å². The van der Waals surface area contributed by atoms with Crippen LogP contribution in [-0.4, -0.2) is 29.0 Å². The molecule has 0 aromatic carbocycles. The van der Waals surface area contributed by atoms with Crippen molar-refractivity contribution in [3.05, 3.63) is 17.5 Å². The summed E-state index contributed by atoms with van der Waals surface area (Å²) in [6, 6.07) is 0.428. The first kappa shape index (κ1) is 18.4. The van der Waals surface area contributed by atoms with Crippen LogP contribution in [-0.2, 0) is 11.3 Å². The SMILES string of the molecule is Cc1nn(C(C)C)cc1CNCCCOC(C)C.Cl. The van der Waals surface area contributed by atoms with E-state index in [4.69, 9.17) is 4.74 Å². The number of hydrogen-bond donors (Lipinski definition) is 1. The van der Waals surface area contributed by atoms with E-state index in [0.717, 1.165) is 31.8 Å². The van der Waals surface area contributed by atoms with Gasteiger partial charge in [-0.1, -0.05) is 0 Å². The van der Waals surface area contributed by atoms with Crippen LogP contribution in [0.2, 0.25) is 0 Å². The van der Waals surface area contributed by atoms with Gasteiger partial charge >= 0.3 is 0 Å². The maximum absolute atomic E-state index is 5.50. The van der Waals surface area contributed by atoms with Crippen LogP contribution >= 0.6 is 12.4 Å². The third-order valence-electron chi connectivity index (χ3n) is 2.81. The fourth-order valence-corrected chi connectivity index (χ4v) is 1.70. The summed E-state index contributed by atoms with van der Waals surface area (Å²) in [6.07, 6.45) is 3.52. The number of hydrogen-bond acceptors (Lipinski definition) is 3. The van der Waals surface area contributed by atoms with Crippen molar-refractivity contribution in [3.63, 3.8) is 0 Å². The molecule has 5 heteroatoms. The quantitative estimate of drug-likeness (QED) is 0.748. The van der Waals surface area contributed by atoms with E-state index in [0.29, 0.717) is 12.1 Å². The zero-order valence-electron chi connectivity index (χ0n) is 12.8. The summed E-state index contributed by atoms with van der Waals surface area (Å²) < 4.78 is 7.52. The second-order valence-corrected chi connectivity index (χ2v) is 5.26. The zero-order valence-corrected chi connectivity index (χ0v) is 13.6. The monoisotopic (exact) mass is 289 g/mol. The molecular formula is C14H28ClN3O. The highest BCUT2D eigenvalue weighted by Crippen LogP contribution is 2.10. The van der Waals surface area contributed by atoms with Crippen molar-refractivity contribution in [2.45, 2.75) is 59.7 Å². The number of aryl methyl sites for hydroxylation is 1. The van der Waals surface area contributed by atoms with Gasteiger partial charge in [-0.15, -0.1) is 12.4 Å². The Morgan fingerprint density at radius 2 is 2.00 bits per heavy atom. The Hall–Kier alpha value is -0.580. The smallest absolute Gasteiger partial charge is 0.0638 e. The molecule has 1 N–H and O–H groups in total. The maximum atomic E-state index is 5.50. The summed E-state index contributed by atoms with van der Waals surface area (Å²) in [5.74, 6) is 0. The largest absolute Gasteiger partial charge is 0.379 e. The Balaban J connectivity index is 0.00000324. The minimum Gasteiger partial charge on any atom is -0.379 e. The van der Waals surface area contributed by atoms with Crippen LogP contribution in [0.5, 0.6) is 0 Å². The average molecular weight is 290 g/mol. The molecule has 4 nitrogen and oxygen atoms in total. The van der Waals surface area contributed by atoms with Crippen molar-refractivity contribution >= 4 is 12.4 Å². The van der Waals surface area contributed by atoms with E-state index < -0.39 is 0 Å². The minimum atomic E-state index is 0. The number of nitrogens with one attached hydrogen (secondary N) is 1. The Bertz CT molecular complexity index is 350. The molecule has 0 aliphatic carbocycles. The third-order valence-corrected chi connectivity index (χ3v) is 2.81. The van der Waals surface area contributed by atoms with Crippen molar-refractivity contribution in [2.75, 3.05) is 13.2 Å². The first-order chi connectivity index (χ1) is 8.50. The van der Waals surface area contributed by atoms with Crippen LogP contribution in [0.15, 0.2) is 6.20 Å². The molecule has 1 aromatic rings. The normalized spacial score (nSPS) is 11.1. The number of nitrogens with zero attached hydrogens (tertiary/aromatic N) is 2. The molecule has 0 radical (unpaired) electrons. The first-order valence-electron chi connectivity index (χ1n) is 6.87.